The van der Waals surface area contributed by atoms with E-state index in [1.54, 1.807) is 26.0 Å². The summed E-state index contributed by atoms with van der Waals surface area (Å²) in [7, 11) is 0. The maximum absolute atomic E-state index is 13.6. The molecule has 0 spiro atoms. The number of nitrogens with one attached hydrogen (secondary N) is 2. The molecule has 1 aliphatic rings. The molecule has 1 aliphatic heterocycles. The van der Waals surface area contributed by atoms with E-state index in [1.807, 2.05) is 0 Å². The summed E-state index contributed by atoms with van der Waals surface area (Å²) in [5.41, 5.74) is 1.03. The summed E-state index contributed by atoms with van der Waals surface area (Å²) in [4.78, 5) is 12.1. The fraction of sp³-hybridized carbons (Fsp3) is 0.474. The third kappa shape index (κ3) is 5.94. The van der Waals surface area contributed by atoms with Crippen molar-refractivity contribution in [1.82, 2.24) is 20.4 Å². The van der Waals surface area contributed by atoms with Gasteiger partial charge in [0.1, 0.15) is 0 Å². The van der Waals surface area contributed by atoms with E-state index in [2.05, 4.69) is 15.7 Å². The molecule has 3 rings (SSSR count). The molecular formula is C19H24ClF3N4O2. The minimum absolute atomic E-state index is 0. The van der Waals surface area contributed by atoms with Gasteiger partial charge in [-0.25, -0.2) is 4.68 Å². The first-order valence-corrected chi connectivity index (χ1v) is 9.05. The summed E-state index contributed by atoms with van der Waals surface area (Å²) in [6.07, 6.45) is -4.38. The zero-order chi connectivity index (χ0) is 20.3. The number of aryl methyl sites for hydroxylation is 2. The second-order valence-corrected chi connectivity index (χ2v) is 6.88. The fourth-order valence-corrected chi connectivity index (χ4v) is 3.25. The van der Waals surface area contributed by atoms with Gasteiger partial charge in [0.25, 0.3) is 0 Å². The first-order valence-electron chi connectivity index (χ1n) is 9.05. The van der Waals surface area contributed by atoms with E-state index in [-0.39, 0.29) is 42.9 Å². The van der Waals surface area contributed by atoms with Crippen molar-refractivity contribution in [1.29, 1.82) is 0 Å². The highest BCUT2D eigenvalue weighted by atomic mass is 35.5. The van der Waals surface area contributed by atoms with Gasteiger partial charge in [-0.05, 0) is 37.6 Å². The second-order valence-electron chi connectivity index (χ2n) is 6.88. The Hall–Kier alpha value is -2.10. The number of rotatable bonds is 5. The minimum atomic E-state index is -4.54. The van der Waals surface area contributed by atoms with Gasteiger partial charge in [0, 0.05) is 31.2 Å². The predicted octanol–water partition coefficient (Wildman–Crippen LogP) is 2.92. The van der Waals surface area contributed by atoms with E-state index >= 15 is 0 Å². The van der Waals surface area contributed by atoms with Crippen LogP contribution in [0.25, 0.3) is 5.69 Å². The van der Waals surface area contributed by atoms with Crippen LogP contribution in [-0.4, -0.2) is 41.5 Å². The SMILES string of the molecule is Cc1cc(C)n(-c2ccc(CNC(=O)CC3COCCN3)c(C(F)(F)F)c2)n1.Cl. The van der Waals surface area contributed by atoms with E-state index in [1.165, 1.54) is 10.7 Å². The Morgan fingerprint density at radius 2 is 2.10 bits per heavy atom. The Balaban J connectivity index is 0.00000300. The topological polar surface area (TPSA) is 68.2 Å². The number of nitrogens with zero attached hydrogens (tertiary/aromatic N) is 2. The Labute approximate surface area is 173 Å². The lowest BCUT2D eigenvalue weighted by molar-refractivity contribution is -0.138. The molecule has 1 unspecified atom stereocenters. The summed E-state index contributed by atoms with van der Waals surface area (Å²) < 4.78 is 47.5. The third-order valence-corrected chi connectivity index (χ3v) is 4.56. The molecule has 6 nitrogen and oxygen atoms in total. The van der Waals surface area contributed by atoms with Crippen LogP contribution in [0.3, 0.4) is 0 Å². The Bertz CT molecular complexity index is 848. The summed E-state index contributed by atoms with van der Waals surface area (Å²) >= 11 is 0. The molecule has 160 valence electrons. The molecule has 1 aromatic carbocycles. The van der Waals surface area contributed by atoms with Gasteiger partial charge < -0.3 is 15.4 Å². The largest absolute Gasteiger partial charge is 0.416 e. The molecule has 1 amide bonds. The zero-order valence-electron chi connectivity index (χ0n) is 16.2. The van der Waals surface area contributed by atoms with Crippen LogP contribution < -0.4 is 10.6 Å². The molecule has 2 aromatic rings. The Kier molecular flexibility index (Phi) is 7.67. The predicted molar refractivity (Wildman–Crippen MR) is 104 cm³/mol. The van der Waals surface area contributed by atoms with E-state index in [0.29, 0.717) is 25.4 Å². The van der Waals surface area contributed by atoms with Crippen LogP contribution in [0.1, 0.15) is 28.9 Å². The van der Waals surface area contributed by atoms with Crippen LogP contribution in [0.5, 0.6) is 0 Å². The normalized spacial score (nSPS) is 16.9. The van der Waals surface area contributed by atoms with Crippen molar-refractivity contribution in [2.45, 2.75) is 39.0 Å². The van der Waals surface area contributed by atoms with Gasteiger partial charge in [-0.2, -0.15) is 18.3 Å². The van der Waals surface area contributed by atoms with Crippen LogP contribution in [0.4, 0.5) is 13.2 Å². The van der Waals surface area contributed by atoms with Crippen molar-refractivity contribution in [3.63, 3.8) is 0 Å². The molecule has 10 heteroatoms. The first-order chi connectivity index (χ1) is 13.2. The van der Waals surface area contributed by atoms with E-state index in [9.17, 15) is 18.0 Å². The van der Waals surface area contributed by atoms with Gasteiger partial charge in [0.2, 0.25) is 5.91 Å². The summed E-state index contributed by atoms with van der Waals surface area (Å²) in [6.45, 7) is 5.03. The van der Waals surface area contributed by atoms with Crippen molar-refractivity contribution in [3.05, 3.63) is 46.8 Å². The van der Waals surface area contributed by atoms with Crippen molar-refractivity contribution in [2.24, 2.45) is 0 Å². The highest BCUT2D eigenvalue weighted by molar-refractivity contribution is 5.85. The molecule has 1 fully saturated rings. The Morgan fingerprint density at radius 1 is 1.34 bits per heavy atom. The molecule has 0 aliphatic carbocycles. The van der Waals surface area contributed by atoms with Gasteiger partial charge in [-0.1, -0.05) is 6.07 Å². The number of amides is 1. The van der Waals surface area contributed by atoms with Crippen molar-refractivity contribution < 1.29 is 22.7 Å². The summed E-state index contributed by atoms with van der Waals surface area (Å²) in [5.74, 6) is -0.321. The number of hydrogen-bond donors (Lipinski definition) is 2. The maximum atomic E-state index is 13.6. The lowest BCUT2D eigenvalue weighted by Gasteiger charge is -2.23. The van der Waals surface area contributed by atoms with Crippen LogP contribution in [0.15, 0.2) is 24.3 Å². The van der Waals surface area contributed by atoms with E-state index in [0.717, 1.165) is 17.5 Å². The number of halogens is 4. The number of alkyl halides is 3. The van der Waals surface area contributed by atoms with Gasteiger partial charge in [-0.3, -0.25) is 4.79 Å². The van der Waals surface area contributed by atoms with E-state index in [4.69, 9.17) is 4.74 Å². The number of aromatic nitrogens is 2. The molecule has 29 heavy (non-hydrogen) atoms. The molecule has 2 N–H and O–H groups in total. The lowest BCUT2D eigenvalue weighted by Crippen LogP contribution is -2.44. The third-order valence-electron chi connectivity index (χ3n) is 4.56. The smallest absolute Gasteiger partial charge is 0.378 e. The monoisotopic (exact) mass is 432 g/mol. The molecule has 0 radical (unpaired) electrons. The van der Waals surface area contributed by atoms with Crippen molar-refractivity contribution in [2.75, 3.05) is 19.8 Å². The van der Waals surface area contributed by atoms with Crippen LogP contribution in [-0.2, 0) is 22.3 Å². The standard InChI is InChI=1S/C19H23F3N4O2.ClH/c1-12-7-13(2)26(25-12)16-4-3-14(17(9-16)19(20,21)22)10-24-18(27)8-15-11-28-6-5-23-15;/h3-4,7,9,15,23H,5-6,8,10-11H2,1-2H3,(H,24,27);1H. The lowest BCUT2D eigenvalue weighted by atomic mass is 10.1. The fourth-order valence-electron chi connectivity index (χ4n) is 3.25. The molecular weight excluding hydrogens is 409 g/mol. The average Bonchev–Trinajstić information content (AvgIpc) is 2.98. The highest BCUT2D eigenvalue weighted by Gasteiger charge is 2.34. The van der Waals surface area contributed by atoms with Crippen LogP contribution >= 0.6 is 12.4 Å². The molecule has 0 bridgehead atoms. The van der Waals surface area contributed by atoms with E-state index < -0.39 is 11.7 Å². The first kappa shape index (κ1) is 23.2. The van der Waals surface area contributed by atoms with Crippen LogP contribution in [0.2, 0.25) is 0 Å². The number of carbonyl (C=O) groups is 1. The summed E-state index contributed by atoms with van der Waals surface area (Å²) in [5, 5.41) is 9.95. The quantitative estimate of drug-likeness (QED) is 0.762. The number of carbonyl (C=O) groups excluding carboxylic acids is 1. The molecule has 1 atom stereocenters. The zero-order valence-corrected chi connectivity index (χ0v) is 17.0. The van der Waals surface area contributed by atoms with Crippen molar-refractivity contribution >= 4 is 18.3 Å². The molecule has 1 aromatic heterocycles. The minimum Gasteiger partial charge on any atom is -0.378 e. The van der Waals surface area contributed by atoms with Crippen molar-refractivity contribution in [3.8, 4) is 5.69 Å². The highest BCUT2D eigenvalue weighted by Crippen LogP contribution is 2.33. The molecule has 0 saturated carbocycles. The van der Waals surface area contributed by atoms with Gasteiger partial charge in [0.05, 0.1) is 30.2 Å². The number of ether oxygens (including phenoxy) is 1. The van der Waals surface area contributed by atoms with Gasteiger partial charge in [-0.15, -0.1) is 12.4 Å². The number of benzene rings is 1. The van der Waals surface area contributed by atoms with Gasteiger partial charge >= 0.3 is 6.18 Å². The number of morpholine rings is 1. The summed E-state index contributed by atoms with van der Waals surface area (Å²) in [6, 6.07) is 5.70. The average molecular weight is 433 g/mol. The molecule has 1 saturated heterocycles. The van der Waals surface area contributed by atoms with Crippen LogP contribution in [0, 0.1) is 13.8 Å². The second kappa shape index (κ2) is 9.60. The van der Waals surface area contributed by atoms with Gasteiger partial charge in [0.15, 0.2) is 0 Å². The maximum Gasteiger partial charge on any atom is 0.416 e. The molecule has 2 heterocycles. The Morgan fingerprint density at radius 3 is 2.69 bits per heavy atom. The number of hydrogen-bond acceptors (Lipinski definition) is 4.